The summed E-state index contributed by atoms with van der Waals surface area (Å²) in [5.41, 5.74) is 1.90. The number of nitrogens with one attached hydrogen (secondary N) is 2. The van der Waals surface area contributed by atoms with Gasteiger partial charge in [-0.15, -0.1) is 5.10 Å². The van der Waals surface area contributed by atoms with E-state index in [1.807, 2.05) is 24.8 Å². The van der Waals surface area contributed by atoms with Gasteiger partial charge >= 0.3 is 0 Å². The van der Waals surface area contributed by atoms with Gasteiger partial charge in [-0.3, -0.25) is 4.79 Å². The molecule has 36 heavy (non-hydrogen) atoms. The van der Waals surface area contributed by atoms with Gasteiger partial charge in [0, 0.05) is 38.4 Å². The molecule has 5 heterocycles. The van der Waals surface area contributed by atoms with Crippen molar-refractivity contribution in [1.82, 2.24) is 24.5 Å². The summed E-state index contributed by atoms with van der Waals surface area (Å²) in [4.78, 5) is 23.9. The molecule has 0 bridgehead atoms. The first-order valence-corrected chi connectivity index (χ1v) is 12.4. The highest BCUT2D eigenvalue weighted by Gasteiger charge is 2.25. The second kappa shape index (κ2) is 10.4. The summed E-state index contributed by atoms with van der Waals surface area (Å²) in [6.45, 7) is 6.70. The van der Waals surface area contributed by atoms with Gasteiger partial charge in [-0.05, 0) is 51.7 Å². The molecule has 11 heteroatoms. The quantitative estimate of drug-likeness (QED) is 0.512. The maximum Gasteiger partial charge on any atom is 0.259 e. The second-order valence-corrected chi connectivity index (χ2v) is 9.31. The van der Waals surface area contributed by atoms with Gasteiger partial charge in [-0.2, -0.15) is 14.8 Å². The van der Waals surface area contributed by atoms with Gasteiger partial charge in [0.15, 0.2) is 11.3 Å². The monoisotopic (exact) mass is 490 g/mol. The molecule has 0 aliphatic carbocycles. The van der Waals surface area contributed by atoms with Crippen LogP contribution in [0.3, 0.4) is 0 Å². The number of likely N-dealkylation sites (tertiary alicyclic amines) is 1. The lowest BCUT2D eigenvalue weighted by Crippen LogP contribution is -2.28. The number of carbonyl (C=O) groups is 1. The molecule has 3 aromatic rings. The molecule has 5 rings (SSSR count). The number of hydrogen-bond donors (Lipinski definition) is 2. The van der Waals surface area contributed by atoms with Gasteiger partial charge in [0.2, 0.25) is 5.88 Å². The number of hydrogen-bond acceptors (Lipinski definition) is 9. The third kappa shape index (κ3) is 5.04. The largest absolute Gasteiger partial charge is 0.474 e. The summed E-state index contributed by atoms with van der Waals surface area (Å²) in [5.74, 6) is 1.34. The van der Waals surface area contributed by atoms with Gasteiger partial charge in [-0.25, -0.2) is 4.98 Å². The number of ether oxygens (including phenoxy) is 2. The molecule has 0 radical (unpaired) electrons. The molecule has 2 aliphatic heterocycles. The summed E-state index contributed by atoms with van der Waals surface area (Å²) >= 11 is 0. The van der Waals surface area contributed by atoms with E-state index in [1.54, 1.807) is 12.1 Å². The number of nitrogens with zero attached hydrogens (tertiary/aromatic N) is 6. The van der Waals surface area contributed by atoms with E-state index in [-0.39, 0.29) is 18.1 Å². The van der Waals surface area contributed by atoms with Crippen molar-refractivity contribution in [2.45, 2.75) is 51.7 Å². The van der Waals surface area contributed by atoms with Crippen LogP contribution in [0.25, 0.3) is 5.65 Å². The summed E-state index contributed by atoms with van der Waals surface area (Å²) in [6.07, 6.45) is 5.12. The smallest absolute Gasteiger partial charge is 0.259 e. The predicted octanol–water partition coefficient (Wildman–Crippen LogP) is 3.35. The first kappa shape index (κ1) is 23.8. The van der Waals surface area contributed by atoms with E-state index >= 15 is 0 Å². The molecule has 0 spiro atoms. The molecule has 2 N–H and O–H groups in total. The molecule has 0 unspecified atom stereocenters. The number of imidazole rings is 1. The zero-order valence-electron chi connectivity index (χ0n) is 20.5. The fraction of sp³-hybridized carbons (Fsp3) is 0.480. The van der Waals surface area contributed by atoms with Crippen LogP contribution in [0.1, 0.15) is 55.6 Å². The molecule has 2 saturated heterocycles. The number of pyridine rings is 1. The second-order valence-electron chi connectivity index (χ2n) is 9.31. The fourth-order valence-corrected chi connectivity index (χ4v) is 4.47. The molecule has 11 nitrogen and oxygen atoms in total. The van der Waals surface area contributed by atoms with E-state index in [2.05, 4.69) is 31.8 Å². The Morgan fingerprint density at radius 2 is 2.00 bits per heavy atom. The van der Waals surface area contributed by atoms with Crippen molar-refractivity contribution in [3.63, 3.8) is 0 Å². The number of nitriles is 1. The van der Waals surface area contributed by atoms with Crippen LogP contribution in [-0.2, 0) is 4.74 Å². The Morgan fingerprint density at radius 3 is 2.72 bits per heavy atom. The lowest BCUT2D eigenvalue weighted by molar-refractivity contribution is 0.0785. The maximum absolute atomic E-state index is 13.1. The van der Waals surface area contributed by atoms with E-state index in [1.165, 1.54) is 10.7 Å². The SMILES string of the molecule is CC(C)Oc1nc(Nc2cc(NC3CCOCC3)nn3c(C#N)cnc23)ccc1C(=O)N1CCCC1. The predicted molar refractivity (Wildman–Crippen MR) is 134 cm³/mol. The maximum atomic E-state index is 13.1. The van der Waals surface area contributed by atoms with E-state index in [0.717, 1.165) is 38.8 Å². The van der Waals surface area contributed by atoms with Gasteiger partial charge in [0.25, 0.3) is 5.91 Å². The summed E-state index contributed by atoms with van der Waals surface area (Å²) < 4.78 is 12.9. The van der Waals surface area contributed by atoms with Crippen LogP contribution in [0.15, 0.2) is 24.4 Å². The Balaban J connectivity index is 1.48. The molecule has 0 aromatic carbocycles. The number of anilines is 3. The van der Waals surface area contributed by atoms with Crippen LogP contribution in [0, 0.1) is 11.3 Å². The molecule has 0 saturated carbocycles. The highest BCUT2D eigenvalue weighted by molar-refractivity contribution is 5.97. The van der Waals surface area contributed by atoms with Gasteiger partial charge in [-0.1, -0.05) is 0 Å². The van der Waals surface area contributed by atoms with Gasteiger partial charge in [0.1, 0.15) is 23.3 Å². The molecule has 1 amide bonds. The summed E-state index contributed by atoms with van der Waals surface area (Å²) in [6, 6.07) is 7.72. The van der Waals surface area contributed by atoms with Crippen molar-refractivity contribution >= 4 is 28.9 Å². The molecule has 188 valence electrons. The Morgan fingerprint density at radius 1 is 1.22 bits per heavy atom. The van der Waals surface area contributed by atoms with Crippen LogP contribution in [-0.4, -0.2) is 68.8 Å². The minimum atomic E-state index is -0.147. The van der Waals surface area contributed by atoms with Crippen molar-refractivity contribution < 1.29 is 14.3 Å². The first-order valence-electron chi connectivity index (χ1n) is 12.4. The number of aromatic nitrogens is 4. The van der Waals surface area contributed by atoms with Crippen molar-refractivity contribution in [2.24, 2.45) is 0 Å². The van der Waals surface area contributed by atoms with Crippen molar-refractivity contribution in [3.8, 4) is 11.9 Å². The average molecular weight is 491 g/mol. The minimum Gasteiger partial charge on any atom is -0.474 e. The highest BCUT2D eigenvalue weighted by Crippen LogP contribution is 2.28. The molecule has 0 atom stereocenters. The Hall–Kier alpha value is -3.91. The van der Waals surface area contributed by atoms with Crippen LogP contribution >= 0.6 is 0 Å². The van der Waals surface area contributed by atoms with Gasteiger partial charge < -0.3 is 25.0 Å². The van der Waals surface area contributed by atoms with E-state index in [9.17, 15) is 10.1 Å². The van der Waals surface area contributed by atoms with Crippen LogP contribution in [0.5, 0.6) is 5.88 Å². The van der Waals surface area contributed by atoms with E-state index in [0.29, 0.717) is 53.3 Å². The summed E-state index contributed by atoms with van der Waals surface area (Å²) in [5, 5.41) is 20.9. The van der Waals surface area contributed by atoms with Crippen LogP contribution < -0.4 is 15.4 Å². The minimum absolute atomic E-state index is 0.0663. The number of amides is 1. The molecule has 3 aromatic heterocycles. The zero-order valence-corrected chi connectivity index (χ0v) is 20.5. The standard InChI is InChI=1S/C25H30N8O3/c1-16(2)36-24-19(25(34)32-9-3-4-10-32)5-6-21(30-24)29-20-13-22(28-17-7-11-35-12-8-17)31-33-18(14-26)15-27-23(20)33/h5-6,13,15-17H,3-4,7-12H2,1-2H3,(H,28,31)(H,29,30). The molecule has 2 fully saturated rings. The van der Waals surface area contributed by atoms with Crippen molar-refractivity contribution in [1.29, 1.82) is 5.26 Å². The van der Waals surface area contributed by atoms with Crippen molar-refractivity contribution in [3.05, 3.63) is 35.7 Å². The molecule has 2 aliphatic rings. The average Bonchev–Trinajstić information content (AvgIpc) is 3.55. The van der Waals surface area contributed by atoms with E-state index in [4.69, 9.17) is 9.47 Å². The molecular formula is C25H30N8O3. The van der Waals surface area contributed by atoms with Gasteiger partial charge in [0.05, 0.1) is 18.0 Å². The first-order chi connectivity index (χ1) is 17.5. The Kier molecular flexibility index (Phi) is 6.86. The topological polar surface area (TPSA) is 130 Å². The van der Waals surface area contributed by atoms with Crippen LogP contribution in [0.4, 0.5) is 17.3 Å². The Bertz CT molecular complexity index is 1290. The van der Waals surface area contributed by atoms with Crippen LogP contribution in [0.2, 0.25) is 0 Å². The Labute approximate surface area is 209 Å². The highest BCUT2D eigenvalue weighted by atomic mass is 16.5. The number of rotatable bonds is 7. The number of carbonyl (C=O) groups excluding carboxylic acids is 1. The lowest BCUT2D eigenvalue weighted by atomic mass is 10.1. The van der Waals surface area contributed by atoms with Crippen molar-refractivity contribution in [2.75, 3.05) is 36.9 Å². The number of fused-ring (bicyclic) bond motifs is 1. The zero-order chi connectivity index (χ0) is 25.1. The molecular weight excluding hydrogens is 460 g/mol. The third-order valence-corrected chi connectivity index (χ3v) is 6.25. The third-order valence-electron chi connectivity index (χ3n) is 6.25. The van der Waals surface area contributed by atoms with E-state index < -0.39 is 0 Å². The lowest BCUT2D eigenvalue weighted by Gasteiger charge is -2.24. The normalized spacial score (nSPS) is 16.3. The fourth-order valence-electron chi connectivity index (χ4n) is 4.47. The summed E-state index contributed by atoms with van der Waals surface area (Å²) in [7, 11) is 0.